The Morgan fingerprint density at radius 2 is 1.71 bits per heavy atom. The number of benzene rings is 2. The van der Waals surface area contributed by atoms with Crippen molar-refractivity contribution < 1.29 is 18.4 Å². The summed E-state index contributed by atoms with van der Waals surface area (Å²) < 4.78 is 27.5. The molecule has 0 unspecified atom stereocenters. The standard InChI is InChI=1S/C15H11F2NO2S/c1-9(20)18-11-2-4-12(5-3-11)21-15-13(16)6-10(8-19)7-14(15)17/h2-8H,1H3,(H,18,20). The molecule has 2 aromatic rings. The summed E-state index contributed by atoms with van der Waals surface area (Å²) in [4.78, 5) is 21.9. The first-order valence-electron chi connectivity index (χ1n) is 5.99. The molecule has 0 spiro atoms. The molecule has 2 rings (SSSR count). The van der Waals surface area contributed by atoms with Crippen molar-refractivity contribution >= 4 is 29.6 Å². The minimum Gasteiger partial charge on any atom is -0.326 e. The number of carbonyl (C=O) groups excluding carboxylic acids is 2. The van der Waals surface area contributed by atoms with Gasteiger partial charge in [0.1, 0.15) is 17.9 Å². The van der Waals surface area contributed by atoms with Gasteiger partial charge in [-0.25, -0.2) is 8.78 Å². The van der Waals surface area contributed by atoms with E-state index in [4.69, 9.17) is 0 Å². The van der Waals surface area contributed by atoms with Gasteiger partial charge in [-0.15, -0.1) is 0 Å². The van der Waals surface area contributed by atoms with Crippen LogP contribution in [0.2, 0.25) is 0 Å². The minimum absolute atomic E-state index is 0.0460. The van der Waals surface area contributed by atoms with E-state index in [-0.39, 0.29) is 16.4 Å². The van der Waals surface area contributed by atoms with E-state index in [2.05, 4.69) is 5.32 Å². The first-order chi connectivity index (χ1) is 9.99. The van der Waals surface area contributed by atoms with Crippen LogP contribution in [0.15, 0.2) is 46.2 Å². The Balaban J connectivity index is 2.22. The molecular formula is C15H11F2NO2S. The second-order valence-electron chi connectivity index (χ2n) is 4.24. The predicted octanol–water partition coefficient (Wildman–Crippen LogP) is 3.89. The zero-order chi connectivity index (χ0) is 15.4. The van der Waals surface area contributed by atoms with E-state index < -0.39 is 11.6 Å². The van der Waals surface area contributed by atoms with Crippen molar-refractivity contribution in [3.05, 3.63) is 53.6 Å². The fourth-order valence-corrected chi connectivity index (χ4v) is 2.49. The van der Waals surface area contributed by atoms with Gasteiger partial charge >= 0.3 is 0 Å². The van der Waals surface area contributed by atoms with Gasteiger partial charge in [0, 0.05) is 23.1 Å². The highest BCUT2D eigenvalue weighted by atomic mass is 32.2. The van der Waals surface area contributed by atoms with Crippen molar-refractivity contribution in [2.45, 2.75) is 16.7 Å². The van der Waals surface area contributed by atoms with Crippen molar-refractivity contribution in [3.63, 3.8) is 0 Å². The lowest BCUT2D eigenvalue weighted by molar-refractivity contribution is -0.114. The van der Waals surface area contributed by atoms with E-state index >= 15 is 0 Å². The summed E-state index contributed by atoms with van der Waals surface area (Å²) in [6.45, 7) is 1.39. The summed E-state index contributed by atoms with van der Waals surface area (Å²) in [6.07, 6.45) is 0.392. The molecule has 0 aromatic heterocycles. The van der Waals surface area contributed by atoms with Crippen LogP contribution in [-0.4, -0.2) is 12.2 Å². The Morgan fingerprint density at radius 3 is 2.19 bits per heavy atom. The fraction of sp³-hybridized carbons (Fsp3) is 0.0667. The van der Waals surface area contributed by atoms with Gasteiger partial charge in [0.15, 0.2) is 0 Å². The molecule has 2 aromatic carbocycles. The van der Waals surface area contributed by atoms with Crippen molar-refractivity contribution in [1.29, 1.82) is 0 Å². The van der Waals surface area contributed by atoms with Crippen molar-refractivity contribution in [2.24, 2.45) is 0 Å². The van der Waals surface area contributed by atoms with Crippen LogP contribution in [0.5, 0.6) is 0 Å². The van der Waals surface area contributed by atoms with Crippen LogP contribution in [0.3, 0.4) is 0 Å². The lowest BCUT2D eigenvalue weighted by atomic mass is 10.2. The topological polar surface area (TPSA) is 46.2 Å². The Hall–Kier alpha value is -2.21. The molecule has 6 heteroatoms. The second kappa shape index (κ2) is 6.49. The summed E-state index contributed by atoms with van der Waals surface area (Å²) in [5.41, 5.74) is 0.555. The summed E-state index contributed by atoms with van der Waals surface area (Å²) in [6, 6.07) is 8.54. The van der Waals surface area contributed by atoms with E-state index in [0.717, 1.165) is 23.9 Å². The number of rotatable bonds is 4. The van der Waals surface area contributed by atoms with Crippen LogP contribution in [0.1, 0.15) is 17.3 Å². The molecule has 0 bridgehead atoms. The van der Waals surface area contributed by atoms with Crippen LogP contribution in [0.25, 0.3) is 0 Å². The molecule has 0 radical (unpaired) electrons. The Bertz CT molecular complexity index is 664. The number of amides is 1. The van der Waals surface area contributed by atoms with Gasteiger partial charge in [0.05, 0.1) is 4.90 Å². The maximum Gasteiger partial charge on any atom is 0.221 e. The van der Waals surface area contributed by atoms with Gasteiger partial charge in [-0.2, -0.15) is 0 Å². The molecular weight excluding hydrogens is 296 g/mol. The average molecular weight is 307 g/mol. The van der Waals surface area contributed by atoms with E-state index in [0.29, 0.717) is 16.9 Å². The van der Waals surface area contributed by atoms with Gasteiger partial charge < -0.3 is 5.32 Å². The summed E-state index contributed by atoms with van der Waals surface area (Å²) >= 11 is 0.909. The number of halogens is 2. The molecule has 0 saturated heterocycles. The third-order valence-corrected chi connectivity index (χ3v) is 3.65. The number of anilines is 1. The monoisotopic (exact) mass is 307 g/mol. The molecule has 0 heterocycles. The largest absolute Gasteiger partial charge is 0.326 e. The van der Waals surface area contributed by atoms with Gasteiger partial charge in [-0.1, -0.05) is 11.8 Å². The normalized spacial score (nSPS) is 10.2. The Kier molecular flexibility index (Phi) is 4.70. The Morgan fingerprint density at radius 1 is 1.14 bits per heavy atom. The van der Waals surface area contributed by atoms with Crippen LogP contribution < -0.4 is 5.32 Å². The maximum absolute atomic E-state index is 13.8. The fourth-order valence-electron chi connectivity index (χ4n) is 1.67. The molecule has 0 saturated carbocycles. The molecule has 0 aliphatic carbocycles. The summed E-state index contributed by atoms with van der Waals surface area (Å²) in [7, 11) is 0. The quantitative estimate of drug-likeness (QED) is 0.872. The SMILES string of the molecule is CC(=O)Nc1ccc(Sc2c(F)cc(C=O)cc2F)cc1. The molecule has 1 amide bonds. The molecule has 108 valence electrons. The molecule has 0 aliphatic heterocycles. The number of nitrogens with one attached hydrogen (secondary N) is 1. The average Bonchev–Trinajstić information content (AvgIpc) is 2.43. The highest BCUT2D eigenvalue weighted by Crippen LogP contribution is 2.33. The second-order valence-corrected chi connectivity index (χ2v) is 5.32. The van der Waals surface area contributed by atoms with Crippen molar-refractivity contribution in [2.75, 3.05) is 5.32 Å². The highest BCUT2D eigenvalue weighted by molar-refractivity contribution is 7.99. The minimum atomic E-state index is -0.784. The van der Waals surface area contributed by atoms with Crippen LogP contribution in [0, 0.1) is 11.6 Å². The van der Waals surface area contributed by atoms with Gasteiger partial charge in [-0.05, 0) is 36.4 Å². The van der Waals surface area contributed by atoms with E-state index in [1.807, 2.05) is 0 Å². The van der Waals surface area contributed by atoms with Crippen molar-refractivity contribution in [1.82, 2.24) is 0 Å². The maximum atomic E-state index is 13.8. The molecule has 1 N–H and O–H groups in total. The van der Waals surface area contributed by atoms with Gasteiger partial charge in [0.25, 0.3) is 0 Å². The van der Waals surface area contributed by atoms with E-state index in [9.17, 15) is 18.4 Å². The third-order valence-electron chi connectivity index (χ3n) is 2.55. The smallest absolute Gasteiger partial charge is 0.221 e. The molecule has 0 atom stereocenters. The molecule has 3 nitrogen and oxygen atoms in total. The van der Waals surface area contributed by atoms with Crippen LogP contribution in [0.4, 0.5) is 14.5 Å². The first-order valence-corrected chi connectivity index (χ1v) is 6.81. The molecule has 21 heavy (non-hydrogen) atoms. The first kappa shape index (κ1) is 15.2. The summed E-state index contributed by atoms with van der Waals surface area (Å²) in [5, 5.41) is 2.60. The van der Waals surface area contributed by atoms with Crippen LogP contribution in [-0.2, 0) is 4.79 Å². The summed E-state index contributed by atoms with van der Waals surface area (Å²) in [5.74, 6) is -1.77. The number of carbonyl (C=O) groups is 2. The number of hydrogen-bond acceptors (Lipinski definition) is 3. The predicted molar refractivity (Wildman–Crippen MR) is 76.6 cm³/mol. The Labute approximate surface area is 124 Å². The van der Waals surface area contributed by atoms with E-state index in [1.54, 1.807) is 24.3 Å². The highest BCUT2D eigenvalue weighted by Gasteiger charge is 2.12. The molecule has 0 aliphatic rings. The number of hydrogen-bond donors (Lipinski definition) is 1. The van der Waals surface area contributed by atoms with Crippen LogP contribution >= 0.6 is 11.8 Å². The van der Waals surface area contributed by atoms with Gasteiger partial charge in [-0.3, -0.25) is 9.59 Å². The van der Waals surface area contributed by atoms with E-state index in [1.165, 1.54) is 6.92 Å². The van der Waals surface area contributed by atoms with Gasteiger partial charge in [0.2, 0.25) is 5.91 Å². The third kappa shape index (κ3) is 3.88. The number of aldehydes is 1. The zero-order valence-electron chi connectivity index (χ0n) is 11.0. The van der Waals surface area contributed by atoms with Crippen molar-refractivity contribution in [3.8, 4) is 0 Å². The lowest BCUT2D eigenvalue weighted by Gasteiger charge is -2.07. The lowest BCUT2D eigenvalue weighted by Crippen LogP contribution is -2.05. The zero-order valence-corrected chi connectivity index (χ0v) is 11.8. The molecule has 0 fully saturated rings.